The molecule has 1 aromatic heterocycles. The number of aromatic nitrogens is 1. The molecule has 1 fully saturated rings. The standard InChI is InChI=1S/C37H44ClN3O6S/c1-24-6-4-15-37(45-3,20-34-39-16-17-46-34)31-11-8-28(31)21-41-22-36(14-5-7-26-18-29(38)10-12-30(26)36)23-47-33-13-9-27(19-32(33)41)35(42)40-48(43,44)25(24)2/h4,9-10,12-13,15-19,24-25,28,31H,5-8,11,14,20-23H2,1-3H3,(H,40,42)/b15-4+/t24-,25+,28-,31+,36-,37+/m0/s1. The molecule has 6 atom stereocenters. The van der Waals surface area contributed by atoms with E-state index in [0.29, 0.717) is 44.2 Å². The number of ether oxygens (including phenoxy) is 2. The van der Waals surface area contributed by atoms with Crippen molar-refractivity contribution in [2.75, 3.05) is 31.7 Å². The van der Waals surface area contributed by atoms with Gasteiger partial charge in [0.05, 0.1) is 35.8 Å². The fourth-order valence-electron chi connectivity index (χ4n) is 8.41. The van der Waals surface area contributed by atoms with Crippen molar-refractivity contribution in [2.45, 2.75) is 75.1 Å². The molecular formula is C37H44ClN3O6S. The molecule has 2 aromatic carbocycles. The summed E-state index contributed by atoms with van der Waals surface area (Å²) in [4.78, 5) is 20.4. The number of aryl methyl sites for hydroxylation is 1. The van der Waals surface area contributed by atoms with E-state index in [-0.39, 0.29) is 28.7 Å². The molecule has 1 saturated carbocycles. The minimum absolute atomic E-state index is 0.155. The van der Waals surface area contributed by atoms with Crippen LogP contribution in [0.15, 0.2) is 65.4 Å². The molecule has 48 heavy (non-hydrogen) atoms. The molecule has 2 bridgehead atoms. The molecule has 1 spiro atoms. The SMILES string of the molecule is CO[C@@]1(Cc2ncco2)/C=C/C[C@H](C)[C@@H](C)S(=O)(=O)NC(=O)c2ccc3c(c2)N(C[C@@H]2CC[C@H]21)C[C@@]1(CCCc2cc(Cl)ccc21)CO3. The van der Waals surface area contributed by atoms with Crippen LogP contribution in [0.1, 0.15) is 73.3 Å². The summed E-state index contributed by atoms with van der Waals surface area (Å²) in [7, 11) is -2.22. The number of amides is 1. The maximum atomic E-state index is 13.5. The van der Waals surface area contributed by atoms with Gasteiger partial charge in [-0.05, 0) is 105 Å². The van der Waals surface area contributed by atoms with Crippen molar-refractivity contribution < 1.29 is 27.1 Å². The fourth-order valence-corrected chi connectivity index (χ4v) is 9.89. The Bertz CT molecular complexity index is 1810. The number of benzene rings is 2. The van der Waals surface area contributed by atoms with E-state index in [9.17, 15) is 13.2 Å². The largest absolute Gasteiger partial charge is 0.490 e. The minimum atomic E-state index is -3.97. The summed E-state index contributed by atoms with van der Waals surface area (Å²) in [5, 5.41) is -0.0743. The van der Waals surface area contributed by atoms with E-state index in [0.717, 1.165) is 42.8 Å². The maximum absolute atomic E-state index is 13.5. The number of hydrogen-bond donors (Lipinski definition) is 1. The number of carbonyl (C=O) groups is 1. The van der Waals surface area contributed by atoms with E-state index in [2.05, 4.69) is 32.8 Å². The molecule has 1 amide bonds. The van der Waals surface area contributed by atoms with Crippen molar-refractivity contribution >= 4 is 33.2 Å². The van der Waals surface area contributed by atoms with Crippen molar-refractivity contribution in [3.8, 4) is 5.75 Å². The predicted octanol–water partition coefficient (Wildman–Crippen LogP) is 6.50. The third-order valence-corrected chi connectivity index (χ3v) is 13.7. The first-order valence-corrected chi connectivity index (χ1v) is 18.9. The molecule has 0 radical (unpaired) electrons. The van der Waals surface area contributed by atoms with E-state index >= 15 is 0 Å². The van der Waals surface area contributed by atoms with E-state index in [1.54, 1.807) is 38.6 Å². The Labute approximate surface area is 288 Å². The lowest BCUT2D eigenvalue weighted by atomic mass is 9.63. The highest BCUT2D eigenvalue weighted by atomic mass is 35.5. The van der Waals surface area contributed by atoms with Crippen LogP contribution in [-0.4, -0.2) is 57.0 Å². The van der Waals surface area contributed by atoms with Crippen LogP contribution in [0.5, 0.6) is 5.75 Å². The number of carbonyl (C=O) groups excluding carboxylic acids is 1. The molecule has 11 heteroatoms. The van der Waals surface area contributed by atoms with Gasteiger partial charge in [0, 0.05) is 36.2 Å². The number of allylic oxidation sites excluding steroid dienone is 1. The van der Waals surface area contributed by atoms with Gasteiger partial charge in [-0.15, -0.1) is 0 Å². The molecule has 3 heterocycles. The Kier molecular flexibility index (Phi) is 8.87. The van der Waals surface area contributed by atoms with Crippen LogP contribution in [0.2, 0.25) is 5.02 Å². The minimum Gasteiger partial charge on any atom is -0.490 e. The Morgan fingerprint density at radius 3 is 2.77 bits per heavy atom. The maximum Gasteiger partial charge on any atom is 0.264 e. The van der Waals surface area contributed by atoms with Crippen molar-refractivity contribution in [1.82, 2.24) is 9.71 Å². The lowest BCUT2D eigenvalue weighted by Gasteiger charge is -2.50. The van der Waals surface area contributed by atoms with E-state index in [4.69, 9.17) is 25.5 Å². The predicted molar refractivity (Wildman–Crippen MR) is 185 cm³/mol. The molecule has 7 rings (SSSR count). The van der Waals surface area contributed by atoms with Gasteiger partial charge in [0.15, 0.2) is 5.89 Å². The number of fused-ring (bicyclic) bond motifs is 4. The molecule has 256 valence electrons. The second kappa shape index (κ2) is 12.8. The van der Waals surface area contributed by atoms with Crippen molar-refractivity contribution in [1.29, 1.82) is 0 Å². The van der Waals surface area contributed by atoms with Gasteiger partial charge in [-0.25, -0.2) is 18.1 Å². The molecule has 1 N–H and O–H groups in total. The average Bonchev–Trinajstić information content (AvgIpc) is 3.51. The first-order chi connectivity index (χ1) is 23.0. The Hall–Kier alpha value is -3.34. The average molecular weight is 694 g/mol. The summed E-state index contributed by atoms with van der Waals surface area (Å²) >= 11 is 6.46. The number of hydrogen-bond acceptors (Lipinski definition) is 8. The zero-order valence-corrected chi connectivity index (χ0v) is 29.4. The van der Waals surface area contributed by atoms with Gasteiger partial charge in [-0.3, -0.25) is 4.79 Å². The van der Waals surface area contributed by atoms with Crippen LogP contribution in [0.3, 0.4) is 0 Å². The first kappa shape index (κ1) is 33.2. The monoisotopic (exact) mass is 693 g/mol. The first-order valence-electron chi connectivity index (χ1n) is 17.0. The van der Waals surface area contributed by atoms with Crippen LogP contribution < -0.4 is 14.4 Å². The van der Waals surface area contributed by atoms with Crippen LogP contribution in [0.25, 0.3) is 0 Å². The van der Waals surface area contributed by atoms with Crippen LogP contribution in [-0.2, 0) is 33.0 Å². The second-order valence-corrected chi connectivity index (χ2v) is 16.8. The van der Waals surface area contributed by atoms with Crippen molar-refractivity contribution in [3.05, 3.63) is 88.6 Å². The van der Waals surface area contributed by atoms with E-state index in [1.807, 2.05) is 25.1 Å². The van der Waals surface area contributed by atoms with Gasteiger partial charge in [-0.2, -0.15) is 0 Å². The molecule has 4 aliphatic rings. The smallest absolute Gasteiger partial charge is 0.264 e. The van der Waals surface area contributed by atoms with Gasteiger partial charge in [0.1, 0.15) is 12.0 Å². The number of rotatable bonds is 3. The number of nitrogens with zero attached hydrogens (tertiary/aromatic N) is 2. The van der Waals surface area contributed by atoms with Crippen molar-refractivity contribution in [3.63, 3.8) is 0 Å². The summed E-state index contributed by atoms with van der Waals surface area (Å²) in [6.45, 7) is 5.43. The summed E-state index contributed by atoms with van der Waals surface area (Å²) < 4.78 is 48.1. The van der Waals surface area contributed by atoms with E-state index in [1.165, 1.54) is 11.1 Å². The van der Waals surface area contributed by atoms with Crippen molar-refractivity contribution in [2.24, 2.45) is 17.8 Å². The van der Waals surface area contributed by atoms with Gasteiger partial charge in [0.25, 0.3) is 5.91 Å². The zero-order valence-electron chi connectivity index (χ0n) is 27.8. The highest BCUT2D eigenvalue weighted by Crippen LogP contribution is 2.49. The molecule has 2 aliphatic carbocycles. The van der Waals surface area contributed by atoms with Gasteiger partial charge in [0.2, 0.25) is 10.0 Å². The highest BCUT2D eigenvalue weighted by Gasteiger charge is 2.49. The number of oxazole rings is 1. The topological polar surface area (TPSA) is 111 Å². The number of sulfonamides is 1. The van der Waals surface area contributed by atoms with Crippen LogP contribution in [0, 0.1) is 17.8 Å². The summed E-state index contributed by atoms with van der Waals surface area (Å²) in [5.74, 6) is 0.813. The zero-order chi connectivity index (χ0) is 33.7. The van der Waals surface area contributed by atoms with Gasteiger partial charge < -0.3 is 18.8 Å². The lowest BCUT2D eigenvalue weighted by Crippen LogP contribution is -2.54. The Balaban J connectivity index is 1.34. The number of methoxy groups -OCH3 is 1. The molecule has 9 nitrogen and oxygen atoms in total. The number of nitrogens with one attached hydrogen (secondary N) is 1. The van der Waals surface area contributed by atoms with Crippen LogP contribution in [0.4, 0.5) is 5.69 Å². The molecule has 0 saturated heterocycles. The Morgan fingerprint density at radius 1 is 1.17 bits per heavy atom. The molecular weight excluding hydrogens is 650 g/mol. The lowest BCUT2D eigenvalue weighted by molar-refractivity contribution is -0.0776. The molecule has 0 unspecified atom stereocenters. The van der Waals surface area contributed by atoms with E-state index < -0.39 is 26.8 Å². The highest BCUT2D eigenvalue weighted by molar-refractivity contribution is 7.90. The quantitative estimate of drug-likeness (QED) is 0.310. The third kappa shape index (κ3) is 6.05. The number of halogens is 1. The molecule has 3 aromatic rings. The molecule has 2 aliphatic heterocycles. The summed E-state index contributed by atoms with van der Waals surface area (Å²) in [6.07, 6.45) is 13.3. The summed E-state index contributed by atoms with van der Waals surface area (Å²) in [6, 6.07) is 11.5. The van der Waals surface area contributed by atoms with Crippen LogP contribution >= 0.6 is 11.6 Å². The number of anilines is 1. The summed E-state index contributed by atoms with van der Waals surface area (Å²) in [5.41, 5.74) is 2.61. The third-order valence-electron chi connectivity index (χ3n) is 11.5. The van der Waals surface area contributed by atoms with Gasteiger partial charge >= 0.3 is 0 Å². The fraction of sp³-hybridized carbons (Fsp3) is 0.514. The Morgan fingerprint density at radius 2 is 2.02 bits per heavy atom. The second-order valence-electron chi connectivity index (χ2n) is 14.3. The van der Waals surface area contributed by atoms with Gasteiger partial charge in [-0.1, -0.05) is 36.7 Å². The normalized spacial score (nSPS) is 32.2.